The lowest BCUT2D eigenvalue weighted by atomic mass is 9.20. The van der Waals surface area contributed by atoms with E-state index in [0.717, 1.165) is 60.2 Å². The molecule has 6 rings (SSSR count). The van der Waals surface area contributed by atoms with E-state index < -0.39 is 0 Å². The van der Waals surface area contributed by atoms with Gasteiger partial charge < -0.3 is 5.11 Å². The van der Waals surface area contributed by atoms with Crippen LogP contribution in [0.4, 0.5) is 0 Å². The normalized spacial score (nSPS) is 49.4. The molecule has 6 aliphatic carbocycles. The third kappa shape index (κ3) is 2.41. The second-order valence-corrected chi connectivity index (χ2v) is 11.5. The molecule has 0 amide bonds. The first-order valence-electron chi connectivity index (χ1n) is 11.0. The van der Waals surface area contributed by atoms with Gasteiger partial charge in [0, 0.05) is 0 Å². The molecule has 6 saturated carbocycles. The molecule has 8 unspecified atom stereocenters. The Bertz CT molecular complexity index is 508. The molecule has 140 valence electrons. The van der Waals surface area contributed by atoms with Crippen LogP contribution in [0.1, 0.15) is 67.2 Å². The van der Waals surface area contributed by atoms with Gasteiger partial charge in [-0.1, -0.05) is 78.4 Å². The van der Waals surface area contributed by atoms with Crippen LogP contribution in [0.25, 0.3) is 0 Å². The highest BCUT2D eigenvalue weighted by molar-refractivity contribution is 6.62. The van der Waals surface area contributed by atoms with E-state index in [-0.39, 0.29) is 0 Å². The van der Waals surface area contributed by atoms with Crippen LogP contribution in [0.5, 0.6) is 0 Å². The molecular formula is C23H39BO. The molecule has 25 heavy (non-hydrogen) atoms. The zero-order valence-electron chi connectivity index (χ0n) is 17.3. The summed E-state index contributed by atoms with van der Waals surface area (Å²) >= 11 is 0. The van der Waals surface area contributed by atoms with Crippen molar-refractivity contribution in [2.24, 2.45) is 46.3 Å². The number of fused-ring (bicyclic) bond motifs is 4. The Kier molecular flexibility index (Phi) is 4.17. The second-order valence-electron chi connectivity index (χ2n) is 11.5. The van der Waals surface area contributed by atoms with Gasteiger partial charge in [0.05, 0.1) is 6.26 Å². The van der Waals surface area contributed by atoms with Crippen molar-refractivity contribution in [2.45, 2.75) is 85.2 Å². The van der Waals surface area contributed by atoms with Crippen LogP contribution in [0.2, 0.25) is 18.0 Å². The van der Waals surface area contributed by atoms with E-state index >= 15 is 0 Å². The van der Waals surface area contributed by atoms with Gasteiger partial charge in [-0.25, -0.2) is 0 Å². The van der Waals surface area contributed by atoms with Gasteiger partial charge in [-0.2, -0.15) is 0 Å². The Morgan fingerprint density at radius 2 is 1.28 bits per heavy atom. The van der Waals surface area contributed by atoms with Gasteiger partial charge in [0.1, 0.15) is 0 Å². The van der Waals surface area contributed by atoms with Gasteiger partial charge in [-0.05, 0) is 59.2 Å². The number of aliphatic hydroxyl groups excluding tert-OH is 1. The lowest BCUT2D eigenvalue weighted by molar-refractivity contribution is -0.107. The topological polar surface area (TPSA) is 20.2 Å². The minimum absolute atomic E-state index is 0.579. The second kappa shape index (κ2) is 5.80. The van der Waals surface area contributed by atoms with Crippen molar-refractivity contribution in [3.8, 4) is 0 Å². The first-order chi connectivity index (χ1) is 11.7. The van der Waals surface area contributed by atoms with Gasteiger partial charge in [0.15, 0.2) is 6.71 Å². The molecule has 0 heterocycles. The Morgan fingerprint density at radius 1 is 0.840 bits per heavy atom. The molecule has 1 nitrogen and oxygen atoms in total. The van der Waals surface area contributed by atoms with E-state index in [9.17, 15) is 5.11 Å². The number of allylic oxidation sites excluding steroid dienone is 1. The molecule has 6 aliphatic rings. The highest BCUT2D eigenvalue weighted by atomic mass is 16.2. The van der Waals surface area contributed by atoms with Crippen LogP contribution >= 0.6 is 0 Å². The fraction of sp³-hybridized carbons (Fsp3) is 0.913. The van der Waals surface area contributed by atoms with Gasteiger partial charge in [-0.3, -0.25) is 0 Å². The standard InChI is InChI=1S/C23H39BO/c1-14-18-10-16(22(18,3)4)12-20(14)24(8-7-9-25)21-13-17-11-19(15(21)2)23(17,5)6/h7,9,14-21,25H,8,10-13H2,1-6H3/b9-7-. The van der Waals surface area contributed by atoms with Gasteiger partial charge in [-0.15, -0.1) is 0 Å². The predicted molar refractivity (Wildman–Crippen MR) is 108 cm³/mol. The molecule has 0 spiro atoms. The van der Waals surface area contributed by atoms with Crippen molar-refractivity contribution in [3.05, 3.63) is 12.3 Å². The lowest BCUT2D eigenvalue weighted by Crippen LogP contribution is -2.59. The van der Waals surface area contributed by atoms with E-state index in [1.54, 1.807) is 0 Å². The van der Waals surface area contributed by atoms with Crippen molar-refractivity contribution in [2.75, 3.05) is 0 Å². The zero-order chi connectivity index (χ0) is 18.1. The highest BCUT2D eigenvalue weighted by Gasteiger charge is 2.61. The van der Waals surface area contributed by atoms with Crippen LogP contribution in [-0.2, 0) is 0 Å². The Labute approximate surface area is 156 Å². The summed E-state index contributed by atoms with van der Waals surface area (Å²) in [4.78, 5) is 0. The zero-order valence-corrected chi connectivity index (χ0v) is 17.3. The Hall–Kier alpha value is -0.395. The maximum atomic E-state index is 9.35. The van der Waals surface area contributed by atoms with Crippen LogP contribution in [0.15, 0.2) is 12.3 Å². The molecule has 0 aromatic carbocycles. The summed E-state index contributed by atoms with van der Waals surface area (Å²) in [6, 6.07) is 0. The van der Waals surface area contributed by atoms with E-state index in [1.165, 1.54) is 31.9 Å². The molecule has 4 bridgehead atoms. The van der Waals surface area contributed by atoms with Crippen LogP contribution in [0.3, 0.4) is 0 Å². The number of hydrogen-bond donors (Lipinski definition) is 1. The fourth-order valence-corrected chi connectivity index (χ4v) is 8.39. The van der Waals surface area contributed by atoms with Crippen molar-refractivity contribution in [1.29, 1.82) is 0 Å². The summed E-state index contributed by atoms with van der Waals surface area (Å²) in [7, 11) is 0. The molecule has 0 aliphatic heterocycles. The van der Waals surface area contributed by atoms with Crippen molar-refractivity contribution in [3.63, 3.8) is 0 Å². The molecule has 1 N–H and O–H groups in total. The Balaban J connectivity index is 1.56. The van der Waals surface area contributed by atoms with Crippen molar-refractivity contribution >= 4 is 6.71 Å². The fourth-order valence-electron chi connectivity index (χ4n) is 8.39. The predicted octanol–water partition coefficient (Wildman–Crippen LogP) is 6.70. The smallest absolute Gasteiger partial charge is 0.150 e. The third-order valence-corrected chi connectivity index (χ3v) is 10.4. The summed E-state index contributed by atoms with van der Waals surface area (Å²) in [5, 5.41) is 9.35. The lowest BCUT2D eigenvalue weighted by Gasteiger charge is -2.66. The number of hydrogen-bond acceptors (Lipinski definition) is 1. The van der Waals surface area contributed by atoms with E-state index in [2.05, 4.69) is 47.6 Å². The summed E-state index contributed by atoms with van der Waals surface area (Å²) < 4.78 is 0. The first kappa shape index (κ1) is 18.0. The van der Waals surface area contributed by atoms with Gasteiger partial charge >= 0.3 is 0 Å². The van der Waals surface area contributed by atoms with E-state index in [4.69, 9.17) is 0 Å². The maximum absolute atomic E-state index is 9.35. The van der Waals surface area contributed by atoms with Crippen molar-refractivity contribution < 1.29 is 5.11 Å². The molecule has 6 fully saturated rings. The average molecular weight is 342 g/mol. The SMILES string of the molecule is CC1C(B(C/C=C\O)C2CC3CC(C2C)C3(C)C)CC2CC1C2(C)C. The summed E-state index contributed by atoms with van der Waals surface area (Å²) in [5.41, 5.74) is 1.16. The van der Waals surface area contributed by atoms with Crippen LogP contribution in [0, 0.1) is 46.3 Å². The van der Waals surface area contributed by atoms with Crippen LogP contribution < -0.4 is 0 Å². The molecule has 0 aromatic heterocycles. The summed E-state index contributed by atoms with van der Waals surface area (Å²) in [6.45, 7) is 16.0. The number of rotatable bonds is 4. The molecular weight excluding hydrogens is 303 g/mol. The molecule has 0 saturated heterocycles. The molecule has 0 aromatic rings. The van der Waals surface area contributed by atoms with Gasteiger partial charge in [0.2, 0.25) is 0 Å². The monoisotopic (exact) mass is 342 g/mol. The minimum Gasteiger partial charge on any atom is -0.516 e. The largest absolute Gasteiger partial charge is 0.516 e. The minimum atomic E-state index is 0.579. The maximum Gasteiger partial charge on any atom is 0.150 e. The molecule has 0 radical (unpaired) electrons. The quantitative estimate of drug-likeness (QED) is 0.445. The number of aliphatic hydroxyl groups is 1. The van der Waals surface area contributed by atoms with E-state index in [1.807, 2.05) is 0 Å². The average Bonchev–Trinajstić information content (AvgIpc) is 2.56. The molecule has 8 atom stereocenters. The third-order valence-electron chi connectivity index (χ3n) is 10.4. The summed E-state index contributed by atoms with van der Waals surface area (Å²) in [6.07, 6.45) is 10.3. The Morgan fingerprint density at radius 3 is 1.60 bits per heavy atom. The highest BCUT2D eigenvalue weighted by Crippen LogP contribution is 2.69. The van der Waals surface area contributed by atoms with E-state index in [0.29, 0.717) is 10.8 Å². The summed E-state index contributed by atoms with van der Waals surface area (Å²) in [5.74, 6) is 7.23. The molecule has 2 heteroatoms. The van der Waals surface area contributed by atoms with Gasteiger partial charge in [0.25, 0.3) is 0 Å². The van der Waals surface area contributed by atoms with Crippen LogP contribution in [-0.4, -0.2) is 11.8 Å². The van der Waals surface area contributed by atoms with Crippen molar-refractivity contribution in [1.82, 2.24) is 0 Å². The first-order valence-corrected chi connectivity index (χ1v) is 11.0.